The molecule has 0 aromatic carbocycles. The van der Waals surface area contributed by atoms with Crippen LogP contribution in [0.25, 0.3) is 0 Å². The number of hydrogen-bond donors (Lipinski definition) is 0. The predicted octanol–water partition coefficient (Wildman–Crippen LogP) is 0.224. The third-order valence-corrected chi connectivity index (χ3v) is 3.52. The second-order valence-electron chi connectivity index (χ2n) is 1.57. The summed E-state index contributed by atoms with van der Waals surface area (Å²) < 4.78 is 41.3. The normalized spacial score (nSPS) is 16.2. The van der Waals surface area contributed by atoms with Gasteiger partial charge in [0.2, 0.25) is 0 Å². The van der Waals surface area contributed by atoms with E-state index in [-0.39, 0.29) is 9.79 Å². The molecule has 0 fully saturated rings. The topological polar surface area (TPSA) is 80.3 Å². The highest BCUT2D eigenvalue weighted by Gasteiger charge is 2.03. The van der Waals surface area contributed by atoms with Gasteiger partial charge in [0.15, 0.2) is 0 Å². The third kappa shape index (κ3) is 1.94. The molecule has 2 unspecified atom stereocenters. The summed E-state index contributed by atoms with van der Waals surface area (Å²) in [5.74, 6) is 0. The maximum absolute atomic E-state index is 10.3. The van der Waals surface area contributed by atoms with Crippen LogP contribution in [0, 0.1) is 0 Å². The molecule has 0 saturated carbocycles. The molecule has 0 N–H and O–H groups in total. The molecule has 1 aromatic rings. The van der Waals surface area contributed by atoms with Gasteiger partial charge >= 0.3 is 0 Å². The van der Waals surface area contributed by atoms with Gasteiger partial charge in [-0.3, -0.25) is 8.42 Å². The van der Waals surface area contributed by atoms with E-state index in [4.69, 9.17) is 0 Å². The van der Waals surface area contributed by atoms with E-state index < -0.39 is 22.2 Å². The van der Waals surface area contributed by atoms with Crippen LogP contribution in [0.4, 0.5) is 0 Å². The maximum atomic E-state index is 10.3. The van der Waals surface area contributed by atoms with Crippen molar-refractivity contribution in [1.82, 2.24) is 0 Å². The van der Waals surface area contributed by atoms with Crippen molar-refractivity contribution in [2.75, 3.05) is 0 Å². The molecule has 1 aromatic heterocycles. The van der Waals surface area contributed by atoms with E-state index in [1.165, 1.54) is 10.8 Å². The summed E-state index contributed by atoms with van der Waals surface area (Å²) in [5, 5.41) is 2.54. The molecular weight excluding hydrogens is 208 g/mol. The van der Waals surface area contributed by atoms with Crippen LogP contribution >= 0.6 is 11.3 Å². The average molecular weight is 210 g/mol. The maximum Gasteiger partial charge on any atom is 0.0505 e. The lowest BCUT2D eigenvalue weighted by atomic mass is 10.7. The molecule has 62 valence electrons. The molecule has 11 heavy (non-hydrogen) atoms. The first-order chi connectivity index (χ1) is 5.13. The molecule has 0 aliphatic heterocycles. The van der Waals surface area contributed by atoms with E-state index in [9.17, 15) is 17.5 Å². The summed E-state index contributed by atoms with van der Waals surface area (Å²) in [6.45, 7) is 0. The smallest absolute Gasteiger partial charge is 0.0505 e. The molecule has 0 saturated heterocycles. The minimum Gasteiger partial charge on any atom is -0.768 e. The Labute approximate surface area is 71.8 Å². The highest BCUT2D eigenvalue weighted by molar-refractivity contribution is 7.82. The monoisotopic (exact) mass is 210 g/mol. The van der Waals surface area contributed by atoms with Gasteiger partial charge in [0.25, 0.3) is 0 Å². The van der Waals surface area contributed by atoms with E-state index in [1.54, 1.807) is 0 Å². The molecule has 0 spiro atoms. The summed E-state index contributed by atoms with van der Waals surface area (Å²) >= 11 is -3.89. The summed E-state index contributed by atoms with van der Waals surface area (Å²) in [5.41, 5.74) is 0. The summed E-state index contributed by atoms with van der Waals surface area (Å²) in [6, 6.07) is 0. The molecule has 2 atom stereocenters. The molecule has 7 heteroatoms. The summed E-state index contributed by atoms with van der Waals surface area (Å²) in [7, 11) is 0. The van der Waals surface area contributed by atoms with Gasteiger partial charge in [-0.05, 0) is 22.2 Å². The van der Waals surface area contributed by atoms with Gasteiger partial charge in [-0.2, -0.15) is 0 Å². The molecule has 0 aliphatic carbocycles. The van der Waals surface area contributed by atoms with Crippen molar-refractivity contribution in [2.24, 2.45) is 0 Å². The van der Waals surface area contributed by atoms with Crippen LogP contribution in [0.3, 0.4) is 0 Å². The molecule has 1 rings (SSSR count). The van der Waals surface area contributed by atoms with E-state index in [1.807, 2.05) is 0 Å². The molecule has 1 heterocycles. The largest absolute Gasteiger partial charge is 0.768 e. The lowest BCUT2D eigenvalue weighted by molar-refractivity contribution is 0.524. The van der Waals surface area contributed by atoms with E-state index >= 15 is 0 Å². The van der Waals surface area contributed by atoms with Crippen molar-refractivity contribution in [3.8, 4) is 0 Å². The van der Waals surface area contributed by atoms with E-state index in [0.717, 1.165) is 11.3 Å². The van der Waals surface area contributed by atoms with Crippen LogP contribution < -0.4 is 0 Å². The Kier molecular flexibility index (Phi) is 2.90. The number of thiophene rings is 1. The lowest BCUT2D eigenvalue weighted by Gasteiger charge is -2.07. The fraction of sp³-hybridized carbons (Fsp3) is 0. The molecule has 4 nitrogen and oxygen atoms in total. The third-order valence-electron chi connectivity index (χ3n) is 0.952. The van der Waals surface area contributed by atoms with Crippen molar-refractivity contribution in [3.05, 3.63) is 10.8 Å². The lowest BCUT2D eigenvalue weighted by Crippen LogP contribution is -1.94. The van der Waals surface area contributed by atoms with E-state index in [0.29, 0.717) is 0 Å². The van der Waals surface area contributed by atoms with Crippen molar-refractivity contribution < 1.29 is 17.5 Å². The zero-order valence-corrected chi connectivity index (χ0v) is 7.46. The van der Waals surface area contributed by atoms with Gasteiger partial charge < -0.3 is 9.11 Å². The fourth-order valence-electron chi connectivity index (χ4n) is 0.517. The Balaban J connectivity index is 3.16. The van der Waals surface area contributed by atoms with Crippen molar-refractivity contribution in [2.45, 2.75) is 9.79 Å². The fourth-order valence-corrected chi connectivity index (χ4v) is 3.05. The number of hydrogen-bond acceptors (Lipinski definition) is 5. The van der Waals surface area contributed by atoms with Gasteiger partial charge in [0.05, 0.1) is 9.79 Å². The molecule has 0 aliphatic rings. The van der Waals surface area contributed by atoms with Gasteiger partial charge in [-0.15, -0.1) is 11.3 Å². The first-order valence-electron chi connectivity index (χ1n) is 2.37. The Morgan fingerprint density at radius 1 is 1.09 bits per heavy atom. The van der Waals surface area contributed by atoms with Crippen LogP contribution in [0.15, 0.2) is 20.6 Å². The highest BCUT2D eigenvalue weighted by Crippen LogP contribution is 2.20. The van der Waals surface area contributed by atoms with Gasteiger partial charge in [0.1, 0.15) is 0 Å². The molecule has 0 amide bonds. The van der Waals surface area contributed by atoms with Crippen molar-refractivity contribution >= 4 is 33.5 Å². The Hall–Kier alpha value is -0.0800. The Bertz CT molecular complexity index is 276. The van der Waals surface area contributed by atoms with Crippen molar-refractivity contribution in [1.29, 1.82) is 0 Å². The molecular formula is C4H2O4S3-2. The second-order valence-corrected chi connectivity index (χ2v) is 4.13. The Morgan fingerprint density at radius 2 is 1.45 bits per heavy atom. The zero-order valence-electron chi connectivity index (χ0n) is 5.01. The summed E-state index contributed by atoms with van der Waals surface area (Å²) in [6.07, 6.45) is 0. The zero-order chi connectivity index (χ0) is 8.43. The van der Waals surface area contributed by atoms with Crippen LogP contribution in [0.1, 0.15) is 0 Å². The molecule has 0 radical (unpaired) electrons. The minimum atomic E-state index is -2.46. The van der Waals surface area contributed by atoms with Gasteiger partial charge in [-0.1, -0.05) is 0 Å². The van der Waals surface area contributed by atoms with Crippen LogP contribution in [0.5, 0.6) is 0 Å². The first kappa shape index (κ1) is 9.01. The van der Waals surface area contributed by atoms with E-state index in [2.05, 4.69) is 0 Å². The van der Waals surface area contributed by atoms with Crippen LogP contribution in [0.2, 0.25) is 0 Å². The van der Waals surface area contributed by atoms with Gasteiger partial charge in [-0.25, -0.2) is 0 Å². The quantitative estimate of drug-likeness (QED) is 0.654. The van der Waals surface area contributed by atoms with Crippen molar-refractivity contribution in [3.63, 3.8) is 0 Å². The first-order valence-corrected chi connectivity index (χ1v) is 5.47. The number of rotatable bonds is 2. The summed E-state index contributed by atoms with van der Waals surface area (Å²) in [4.78, 5) is -0.327. The standard InChI is InChI=1S/C4H4O4S3/c5-10(6)3-1-9-2-4(3)11(7)8/h1-2H,(H,5,6)(H,7,8)/p-2. The molecule has 0 bridgehead atoms. The SMILES string of the molecule is O=S([O-])c1cscc1S(=O)[O-]. The highest BCUT2D eigenvalue weighted by atomic mass is 32.2. The average Bonchev–Trinajstić information content (AvgIpc) is 2.32. The van der Waals surface area contributed by atoms with Crippen LogP contribution in [-0.4, -0.2) is 17.5 Å². The second kappa shape index (κ2) is 3.55. The Morgan fingerprint density at radius 3 is 1.73 bits per heavy atom. The predicted molar refractivity (Wildman–Crippen MR) is 38.7 cm³/mol. The van der Waals surface area contributed by atoms with Gasteiger partial charge in [0, 0.05) is 10.8 Å². The minimum absolute atomic E-state index is 0.164. The van der Waals surface area contributed by atoms with Crippen LogP contribution in [-0.2, 0) is 22.2 Å².